The first-order valence-corrected chi connectivity index (χ1v) is 4.37. The van der Waals surface area contributed by atoms with Gasteiger partial charge < -0.3 is 9.32 Å². The van der Waals surface area contributed by atoms with Gasteiger partial charge in [0, 0.05) is 17.5 Å². The molecule has 1 heterocycles. The molecule has 1 aromatic carbocycles. The molecule has 0 atom stereocenters. The maximum atomic E-state index is 5.42. The van der Waals surface area contributed by atoms with Gasteiger partial charge >= 0.3 is 0 Å². The van der Waals surface area contributed by atoms with Gasteiger partial charge in [-0.15, -0.1) is 0 Å². The molecule has 68 valence electrons. The van der Waals surface area contributed by atoms with Crippen molar-refractivity contribution in [1.29, 1.82) is 0 Å². The predicted molar refractivity (Wildman–Crippen MR) is 53.6 cm³/mol. The van der Waals surface area contributed by atoms with Gasteiger partial charge in [0.25, 0.3) is 0 Å². The lowest BCUT2D eigenvalue weighted by atomic mass is 10.2. The Hall–Kier alpha value is -1.28. The fourth-order valence-corrected chi connectivity index (χ4v) is 1.50. The summed E-state index contributed by atoms with van der Waals surface area (Å²) in [5.41, 5.74) is 2.22. The molecule has 2 nitrogen and oxygen atoms in total. The zero-order valence-electron chi connectivity index (χ0n) is 7.95. The van der Waals surface area contributed by atoms with E-state index in [0.717, 1.165) is 12.1 Å². The summed E-state index contributed by atoms with van der Waals surface area (Å²) in [6, 6.07) is 8.12. The van der Waals surface area contributed by atoms with Crippen LogP contribution in [0.5, 0.6) is 0 Å². The number of hydrogen-bond donors (Lipinski definition) is 0. The van der Waals surface area contributed by atoms with Crippen LogP contribution in [0.2, 0.25) is 0 Å². The lowest BCUT2D eigenvalue weighted by Gasteiger charge is -2.06. The molecule has 13 heavy (non-hydrogen) atoms. The topological polar surface area (TPSA) is 16.4 Å². The largest absolute Gasteiger partial charge is 0.464 e. The molecule has 0 saturated carbocycles. The maximum absolute atomic E-state index is 5.42. The Morgan fingerprint density at radius 1 is 1.23 bits per heavy atom. The molecule has 2 heteroatoms. The van der Waals surface area contributed by atoms with Gasteiger partial charge in [-0.2, -0.15) is 0 Å². The summed E-state index contributed by atoms with van der Waals surface area (Å²) in [6.07, 6.45) is 1.84. The van der Waals surface area contributed by atoms with Crippen LogP contribution in [0.3, 0.4) is 0 Å². The van der Waals surface area contributed by atoms with E-state index in [1.165, 1.54) is 10.9 Å². The van der Waals surface area contributed by atoms with Crippen molar-refractivity contribution in [1.82, 2.24) is 4.90 Å². The van der Waals surface area contributed by atoms with Gasteiger partial charge in [0.15, 0.2) is 0 Å². The van der Waals surface area contributed by atoms with Crippen molar-refractivity contribution in [3.63, 3.8) is 0 Å². The quantitative estimate of drug-likeness (QED) is 0.697. The van der Waals surface area contributed by atoms with E-state index < -0.39 is 0 Å². The van der Waals surface area contributed by atoms with Crippen LogP contribution in [-0.2, 0) is 6.54 Å². The molecule has 0 amide bonds. The van der Waals surface area contributed by atoms with E-state index in [2.05, 4.69) is 25.1 Å². The first-order chi connectivity index (χ1) is 6.27. The molecule has 0 aliphatic carbocycles. The van der Waals surface area contributed by atoms with Gasteiger partial charge in [-0.05, 0) is 20.2 Å². The summed E-state index contributed by atoms with van der Waals surface area (Å²) in [6.45, 7) is 0.928. The summed E-state index contributed by atoms with van der Waals surface area (Å²) in [4.78, 5) is 2.14. The SMILES string of the molecule is CN(C)Cc1coc2ccccc12. The maximum Gasteiger partial charge on any atom is 0.134 e. The summed E-state index contributed by atoms with van der Waals surface area (Å²) < 4.78 is 5.42. The van der Waals surface area contributed by atoms with Crippen molar-refractivity contribution >= 4 is 11.0 Å². The van der Waals surface area contributed by atoms with Gasteiger partial charge in [0.2, 0.25) is 0 Å². The van der Waals surface area contributed by atoms with Crippen LogP contribution in [-0.4, -0.2) is 19.0 Å². The smallest absolute Gasteiger partial charge is 0.134 e. The summed E-state index contributed by atoms with van der Waals surface area (Å²) >= 11 is 0. The molecule has 0 fully saturated rings. The molecular formula is C11H13NO. The minimum atomic E-state index is 0.928. The summed E-state index contributed by atoms with van der Waals surface area (Å²) in [5.74, 6) is 0. The lowest BCUT2D eigenvalue weighted by molar-refractivity contribution is 0.401. The van der Waals surface area contributed by atoms with Gasteiger partial charge in [0.05, 0.1) is 6.26 Å². The third kappa shape index (κ3) is 1.58. The molecule has 0 aliphatic heterocycles. The molecule has 0 spiro atoms. The van der Waals surface area contributed by atoms with E-state index in [0.29, 0.717) is 0 Å². The van der Waals surface area contributed by atoms with Gasteiger partial charge in [0.1, 0.15) is 5.58 Å². The van der Waals surface area contributed by atoms with Crippen LogP contribution < -0.4 is 0 Å². The van der Waals surface area contributed by atoms with Gasteiger partial charge in [-0.3, -0.25) is 0 Å². The van der Waals surface area contributed by atoms with E-state index in [9.17, 15) is 0 Å². The third-order valence-electron chi connectivity index (χ3n) is 2.05. The molecule has 1 aromatic heterocycles. The zero-order valence-corrected chi connectivity index (χ0v) is 7.95. The number of hydrogen-bond acceptors (Lipinski definition) is 2. The monoisotopic (exact) mass is 175 g/mol. The molecule has 0 unspecified atom stereocenters. The Balaban J connectivity index is 2.46. The molecule has 2 aromatic rings. The molecule has 0 N–H and O–H groups in total. The van der Waals surface area contributed by atoms with Crippen molar-refractivity contribution in [2.75, 3.05) is 14.1 Å². The number of benzene rings is 1. The minimum Gasteiger partial charge on any atom is -0.464 e. The molecule has 0 bridgehead atoms. The van der Waals surface area contributed by atoms with E-state index in [1.54, 1.807) is 0 Å². The van der Waals surface area contributed by atoms with Crippen LogP contribution in [0.15, 0.2) is 34.9 Å². The van der Waals surface area contributed by atoms with Crippen molar-refractivity contribution < 1.29 is 4.42 Å². The highest BCUT2D eigenvalue weighted by molar-refractivity contribution is 5.80. The second-order valence-corrected chi connectivity index (χ2v) is 3.49. The number of para-hydroxylation sites is 1. The number of furan rings is 1. The Morgan fingerprint density at radius 3 is 2.77 bits per heavy atom. The van der Waals surface area contributed by atoms with Crippen molar-refractivity contribution in [3.8, 4) is 0 Å². The average Bonchev–Trinajstić information content (AvgIpc) is 2.48. The van der Waals surface area contributed by atoms with E-state index in [4.69, 9.17) is 4.42 Å². The first kappa shape index (κ1) is 8.32. The van der Waals surface area contributed by atoms with Crippen LogP contribution in [0.1, 0.15) is 5.56 Å². The molecule has 2 rings (SSSR count). The zero-order chi connectivity index (χ0) is 9.26. The fourth-order valence-electron chi connectivity index (χ4n) is 1.50. The second-order valence-electron chi connectivity index (χ2n) is 3.49. The van der Waals surface area contributed by atoms with E-state index in [1.807, 2.05) is 24.5 Å². The summed E-state index contributed by atoms with van der Waals surface area (Å²) in [5, 5.41) is 1.22. The molecular weight excluding hydrogens is 162 g/mol. The number of nitrogens with zero attached hydrogens (tertiary/aromatic N) is 1. The van der Waals surface area contributed by atoms with Crippen LogP contribution >= 0.6 is 0 Å². The van der Waals surface area contributed by atoms with Crippen molar-refractivity contribution in [2.24, 2.45) is 0 Å². The van der Waals surface area contributed by atoms with Crippen molar-refractivity contribution in [2.45, 2.75) is 6.54 Å². The minimum absolute atomic E-state index is 0.928. The fraction of sp³-hybridized carbons (Fsp3) is 0.273. The van der Waals surface area contributed by atoms with Crippen LogP contribution in [0, 0.1) is 0 Å². The molecule has 0 radical (unpaired) electrons. The lowest BCUT2D eigenvalue weighted by Crippen LogP contribution is -2.09. The highest BCUT2D eigenvalue weighted by atomic mass is 16.3. The standard InChI is InChI=1S/C11H13NO/c1-12(2)7-9-8-13-11-6-4-3-5-10(9)11/h3-6,8H,7H2,1-2H3. The molecule has 0 aliphatic rings. The summed E-state index contributed by atoms with van der Waals surface area (Å²) in [7, 11) is 4.11. The number of fused-ring (bicyclic) bond motifs is 1. The van der Waals surface area contributed by atoms with Crippen LogP contribution in [0.4, 0.5) is 0 Å². The third-order valence-corrected chi connectivity index (χ3v) is 2.05. The highest BCUT2D eigenvalue weighted by Crippen LogP contribution is 2.21. The normalized spacial score (nSPS) is 11.3. The van der Waals surface area contributed by atoms with E-state index >= 15 is 0 Å². The van der Waals surface area contributed by atoms with Crippen LogP contribution in [0.25, 0.3) is 11.0 Å². The Labute approximate surface area is 77.8 Å². The van der Waals surface area contributed by atoms with E-state index in [-0.39, 0.29) is 0 Å². The number of rotatable bonds is 2. The predicted octanol–water partition coefficient (Wildman–Crippen LogP) is 2.49. The Kier molecular flexibility index (Phi) is 2.07. The first-order valence-electron chi connectivity index (χ1n) is 4.37. The Morgan fingerprint density at radius 2 is 2.00 bits per heavy atom. The highest BCUT2D eigenvalue weighted by Gasteiger charge is 2.04. The Bertz CT molecular complexity index is 403. The average molecular weight is 175 g/mol. The molecule has 0 saturated heterocycles. The van der Waals surface area contributed by atoms with Crippen molar-refractivity contribution in [3.05, 3.63) is 36.1 Å². The van der Waals surface area contributed by atoms with Gasteiger partial charge in [-0.25, -0.2) is 0 Å². The second kappa shape index (κ2) is 3.23. The van der Waals surface area contributed by atoms with Gasteiger partial charge in [-0.1, -0.05) is 18.2 Å².